The first-order valence-corrected chi connectivity index (χ1v) is 22.9. The predicted molar refractivity (Wildman–Crippen MR) is 267 cm³/mol. The van der Waals surface area contributed by atoms with Crippen LogP contribution in [0.5, 0.6) is 0 Å². The maximum absolute atomic E-state index is 6.00. The van der Waals surface area contributed by atoms with E-state index in [4.69, 9.17) is 10.5 Å². The van der Waals surface area contributed by atoms with Gasteiger partial charge in [0.05, 0.1) is 0 Å². The zero-order chi connectivity index (χ0) is 44.8. The third-order valence-corrected chi connectivity index (χ3v) is 10.7. The van der Waals surface area contributed by atoms with E-state index in [1.807, 2.05) is 0 Å². The molecule has 0 radical (unpaired) electrons. The van der Waals surface area contributed by atoms with Crippen molar-refractivity contribution in [3.05, 3.63) is 215 Å². The van der Waals surface area contributed by atoms with E-state index in [0.29, 0.717) is 0 Å². The first kappa shape index (κ1) is 58.1. The molecule has 0 aliphatic heterocycles. The first-order chi connectivity index (χ1) is 31.8. The van der Waals surface area contributed by atoms with Gasteiger partial charge in [-0.1, -0.05) is 182 Å². The Hall–Kier alpha value is -4.04. The van der Waals surface area contributed by atoms with Crippen molar-refractivity contribution in [2.75, 3.05) is 78.5 Å². The van der Waals surface area contributed by atoms with Crippen LogP contribution in [0.4, 0.5) is 0 Å². The molecule has 8 N–H and O–H groups in total. The monoisotopic (exact) mass is 992 g/mol. The Morgan fingerprint density at radius 1 is 0.242 bits per heavy atom. The van der Waals surface area contributed by atoms with E-state index in [1.165, 1.54) is 33.4 Å². The van der Waals surface area contributed by atoms with Crippen LogP contribution in [0.2, 0.25) is 0 Å². The van der Waals surface area contributed by atoms with Gasteiger partial charge < -0.3 is 31.9 Å². The summed E-state index contributed by atoms with van der Waals surface area (Å²) in [6, 6.07) is 63.6. The molecule has 0 amide bonds. The molecule has 0 aliphatic rings. The molecule has 0 spiro atoms. The summed E-state index contributed by atoms with van der Waals surface area (Å²) in [5, 5.41) is 33.5. The Balaban J connectivity index is 0.000000425. The fourth-order valence-corrected chi connectivity index (χ4v) is 7.07. The Bertz CT molecular complexity index is 1560. The molecule has 0 bridgehead atoms. The topological polar surface area (TPSA) is 119 Å². The van der Waals surface area contributed by atoms with E-state index < -0.39 is 0 Å². The van der Waals surface area contributed by atoms with E-state index in [2.05, 4.69) is 224 Å². The Kier molecular flexibility index (Phi) is 35.3. The molecule has 0 saturated carbocycles. The summed E-state index contributed by atoms with van der Waals surface area (Å²) in [5.41, 5.74) is 8.02. The van der Waals surface area contributed by atoms with E-state index in [1.54, 1.807) is 0 Å². The predicted octanol–water partition coefficient (Wildman–Crippen LogP) is 7.33. The molecule has 0 heterocycles. The molecule has 0 atom stereocenters. The third-order valence-electron chi connectivity index (χ3n) is 10.7. The number of nitrogens with zero attached hydrogens (tertiary/aromatic N) is 2. The largest absolute Gasteiger partial charge is 1.00 e. The van der Waals surface area contributed by atoms with Gasteiger partial charge in [-0.3, -0.25) is 20.3 Å². The summed E-state index contributed by atoms with van der Waals surface area (Å²) in [6.45, 7) is 17.8. The molecule has 0 aromatic heterocycles. The van der Waals surface area contributed by atoms with E-state index in [0.717, 1.165) is 118 Å². The van der Waals surface area contributed by atoms with Crippen molar-refractivity contribution in [1.29, 1.82) is 0 Å². The van der Waals surface area contributed by atoms with Crippen molar-refractivity contribution in [3.8, 4) is 0 Å². The van der Waals surface area contributed by atoms with Crippen LogP contribution in [0.15, 0.2) is 182 Å². The average Bonchev–Trinajstić information content (AvgIpc) is 3.36. The molecular weight excluding hydrogens is 920 g/mol. The average molecular weight is 994 g/mol. The number of hydrogen-bond acceptors (Lipinski definition) is 10. The summed E-state index contributed by atoms with van der Waals surface area (Å²) in [5.74, 6) is 0. The molecule has 0 unspecified atom stereocenters. The summed E-state index contributed by atoms with van der Waals surface area (Å²) in [6.07, 6.45) is 0. The van der Waals surface area contributed by atoms with Crippen molar-refractivity contribution in [1.82, 2.24) is 41.7 Å². The third kappa shape index (κ3) is 28.2. The van der Waals surface area contributed by atoms with Crippen LogP contribution >= 0.6 is 0 Å². The molecule has 6 aromatic rings. The SMILES string of the molecule is OO.[Cu+].[Cu+].c1ccc(CNCCN(CCNCc2ccccc2)CCNCc2ccccc2)cc1.c1ccc(CNCCN(CCNCc2ccccc2)CCNCc2ccccc2)cc1. The summed E-state index contributed by atoms with van der Waals surface area (Å²) < 4.78 is 0. The summed E-state index contributed by atoms with van der Waals surface area (Å²) >= 11 is 0. The van der Waals surface area contributed by atoms with Crippen molar-refractivity contribution in [3.63, 3.8) is 0 Å². The molecule has 6 rings (SSSR count). The number of hydrogen-bond donors (Lipinski definition) is 8. The van der Waals surface area contributed by atoms with Gasteiger partial charge in [0.1, 0.15) is 0 Å². The van der Waals surface area contributed by atoms with Crippen LogP contribution in [0.1, 0.15) is 33.4 Å². The minimum absolute atomic E-state index is 0. The van der Waals surface area contributed by atoms with Crippen LogP contribution in [-0.4, -0.2) is 98.9 Å². The maximum Gasteiger partial charge on any atom is 1.00 e. The zero-order valence-electron chi connectivity index (χ0n) is 38.4. The fraction of sp³-hybridized carbons (Fsp3) is 0.333. The Morgan fingerprint density at radius 2 is 0.379 bits per heavy atom. The quantitative estimate of drug-likeness (QED) is 0.0101. The zero-order valence-corrected chi connectivity index (χ0v) is 40.3. The molecule has 0 aliphatic carbocycles. The first-order valence-electron chi connectivity index (χ1n) is 22.9. The van der Waals surface area contributed by atoms with Crippen LogP contribution in [0, 0.1) is 0 Å². The normalized spacial score (nSPS) is 10.5. The van der Waals surface area contributed by atoms with Crippen molar-refractivity contribution < 1.29 is 44.7 Å². The summed E-state index contributed by atoms with van der Waals surface area (Å²) in [4.78, 5) is 5.07. The smallest absolute Gasteiger partial charge is 0.311 e. The molecule has 6 aromatic carbocycles. The number of rotatable bonds is 30. The van der Waals surface area contributed by atoms with Gasteiger partial charge in [-0.25, -0.2) is 0 Å². The van der Waals surface area contributed by atoms with Crippen LogP contribution in [0.3, 0.4) is 0 Å². The van der Waals surface area contributed by atoms with Gasteiger partial charge in [0.2, 0.25) is 0 Å². The molecule has 0 saturated heterocycles. The molecule has 10 nitrogen and oxygen atoms in total. The molecule has 0 fully saturated rings. The van der Waals surface area contributed by atoms with Gasteiger partial charge in [-0.2, -0.15) is 0 Å². The van der Waals surface area contributed by atoms with Crippen molar-refractivity contribution in [2.45, 2.75) is 39.3 Å². The molecule has 66 heavy (non-hydrogen) atoms. The second-order valence-electron chi connectivity index (χ2n) is 15.7. The van der Waals surface area contributed by atoms with Crippen molar-refractivity contribution >= 4 is 0 Å². The van der Waals surface area contributed by atoms with E-state index in [-0.39, 0.29) is 34.1 Å². The second-order valence-corrected chi connectivity index (χ2v) is 15.7. The standard InChI is InChI=1S/2C27H36N4.2Cu.H2O2/c2*1-4-10-25(11-5-1)22-28-16-19-31(20-17-29-23-26-12-6-2-7-13-26)21-18-30-24-27-14-8-3-9-15-27;;;1-2/h2*1-15,28-30H,16-24H2;;;1-2H/q;;2*+1;. The fourth-order valence-electron chi connectivity index (χ4n) is 7.07. The number of benzene rings is 6. The Morgan fingerprint density at radius 3 is 0.515 bits per heavy atom. The van der Waals surface area contributed by atoms with Gasteiger partial charge in [0.25, 0.3) is 0 Å². The van der Waals surface area contributed by atoms with Gasteiger partial charge in [0.15, 0.2) is 0 Å². The minimum Gasteiger partial charge on any atom is -0.311 e. The number of nitrogens with one attached hydrogen (secondary N) is 6. The minimum atomic E-state index is 0. The van der Waals surface area contributed by atoms with Crippen molar-refractivity contribution in [2.24, 2.45) is 0 Å². The van der Waals surface area contributed by atoms with Crippen LogP contribution < -0.4 is 31.9 Å². The van der Waals surface area contributed by atoms with Gasteiger partial charge >= 0.3 is 34.1 Å². The van der Waals surface area contributed by atoms with Crippen LogP contribution in [0.25, 0.3) is 0 Å². The van der Waals surface area contributed by atoms with E-state index in [9.17, 15) is 0 Å². The van der Waals surface area contributed by atoms with Gasteiger partial charge in [-0.05, 0) is 33.4 Å². The maximum atomic E-state index is 6.00. The molecular formula is C54H74Cu2N8O2+2. The van der Waals surface area contributed by atoms with Gasteiger partial charge in [0, 0.05) is 118 Å². The Labute approximate surface area is 417 Å². The van der Waals surface area contributed by atoms with Gasteiger partial charge in [-0.15, -0.1) is 0 Å². The van der Waals surface area contributed by atoms with Crippen LogP contribution in [-0.2, 0) is 73.4 Å². The summed E-state index contributed by atoms with van der Waals surface area (Å²) in [7, 11) is 0. The molecule has 362 valence electrons. The van der Waals surface area contributed by atoms with E-state index >= 15 is 0 Å². The molecule has 12 heteroatoms. The second kappa shape index (κ2) is 40.1.